The summed E-state index contributed by atoms with van der Waals surface area (Å²) in [6, 6.07) is 0. The molecule has 0 aromatic heterocycles. The third-order valence-electron chi connectivity index (χ3n) is 2.38. The van der Waals surface area contributed by atoms with Crippen molar-refractivity contribution in [2.75, 3.05) is 19.4 Å². The second-order valence-corrected chi connectivity index (χ2v) is 5.02. The van der Waals surface area contributed by atoms with E-state index >= 15 is 0 Å². The summed E-state index contributed by atoms with van der Waals surface area (Å²) in [5, 5.41) is 0. The predicted molar refractivity (Wildman–Crippen MR) is 54.9 cm³/mol. The van der Waals surface area contributed by atoms with Crippen LogP contribution in [0.3, 0.4) is 0 Å². The quantitative estimate of drug-likeness (QED) is 0.644. The van der Waals surface area contributed by atoms with Crippen LogP contribution >= 0.6 is 11.8 Å². The third kappa shape index (κ3) is 2.20. The normalized spacial score (nSPS) is 26.4. The number of carbonyl (C=O) groups excluding carboxylic acids is 2. The summed E-state index contributed by atoms with van der Waals surface area (Å²) < 4.78 is 4.62. The standard InChI is InChI=1S/C9H15NO3S/c1-7(11)10-4-5-14-9(10,2)6-8(12)13-3/h4-6H2,1-3H3. The molecule has 1 heterocycles. The minimum Gasteiger partial charge on any atom is -0.469 e. The smallest absolute Gasteiger partial charge is 0.308 e. The SMILES string of the molecule is COC(=O)CC1(C)SCCN1C(C)=O. The molecule has 0 radical (unpaired) electrons. The van der Waals surface area contributed by atoms with Crippen LogP contribution in [0.25, 0.3) is 0 Å². The first-order chi connectivity index (χ1) is 6.49. The number of esters is 1. The van der Waals surface area contributed by atoms with E-state index in [-0.39, 0.29) is 18.3 Å². The van der Waals surface area contributed by atoms with Gasteiger partial charge in [-0.15, -0.1) is 11.8 Å². The van der Waals surface area contributed by atoms with Crippen molar-refractivity contribution in [1.29, 1.82) is 0 Å². The second kappa shape index (κ2) is 4.21. The van der Waals surface area contributed by atoms with Gasteiger partial charge in [0.15, 0.2) is 0 Å². The van der Waals surface area contributed by atoms with Crippen LogP contribution in [0.15, 0.2) is 0 Å². The number of methoxy groups -OCH3 is 1. The number of ether oxygens (including phenoxy) is 1. The summed E-state index contributed by atoms with van der Waals surface area (Å²) in [5.74, 6) is 0.627. The fraction of sp³-hybridized carbons (Fsp3) is 0.778. The average Bonchev–Trinajstić information content (AvgIpc) is 2.46. The second-order valence-electron chi connectivity index (χ2n) is 3.45. The number of hydrogen-bond donors (Lipinski definition) is 0. The largest absolute Gasteiger partial charge is 0.469 e. The highest BCUT2D eigenvalue weighted by Crippen LogP contribution is 2.38. The van der Waals surface area contributed by atoms with Gasteiger partial charge in [-0.2, -0.15) is 0 Å². The maximum atomic E-state index is 11.3. The maximum absolute atomic E-state index is 11.3. The van der Waals surface area contributed by atoms with Crippen LogP contribution in [0.1, 0.15) is 20.3 Å². The molecular weight excluding hydrogens is 202 g/mol. The van der Waals surface area contributed by atoms with Gasteiger partial charge in [0, 0.05) is 19.2 Å². The van der Waals surface area contributed by atoms with Crippen molar-refractivity contribution < 1.29 is 14.3 Å². The third-order valence-corrected chi connectivity index (χ3v) is 3.75. The Hall–Kier alpha value is -0.710. The zero-order valence-electron chi connectivity index (χ0n) is 8.70. The van der Waals surface area contributed by atoms with Crippen LogP contribution in [-0.4, -0.2) is 41.1 Å². The van der Waals surface area contributed by atoms with Gasteiger partial charge >= 0.3 is 5.97 Å². The summed E-state index contributed by atoms with van der Waals surface area (Å²) in [6.45, 7) is 4.15. The molecule has 1 aliphatic rings. The number of carbonyl (C=O) groups is 2. The molecular formula is C9H15NO3S. The molecule has 1 atom stereocenters. The number of hydrogen-bond acceptors (Lipinski definition) is 4. The van der Waals surface area contributed by atoms with Gasteiger partial charge in [-0.25, -0.2) is 0 Å². The fourth-order valence-electron chi connectivity index (χ4n) is 1.65. The van der Waals surface area contributed by atoms with Gasteiger partial charge in [0.2, 0.25) is 5.91 Å². The van der Waals surface area contributed by atoms with E-state index in [1.807, 2.05) is 6.92 Å². The number of nitrogens with zero attached hydrogens (tertiary/aromatic N) is 1. The van der Waals surface area contributed by atoms with Crippen molar-refractivity contribution in [3.63, 3.8) is 0 Å². The van der Waals surface area contributed by atoms with Crippen LogP contribution < -0.4 is 0 Å². The van der Waals surface area contributed by atoms with Gasteiger partial charge < -0.3 is 9.64 Å². The van der Waals surface area contributed by atoms with E-state index in [2.05, 4.69) is 4.74 Å². The highest BCUT2D eigenvalue weighted by Gasteiger charge is 2.40. The number of amides is 1. The van der Waals surface area contributed by atoms with Gasteiger partial charge in [0.25, 0.3) is 0 Å². The number of thioether (sulfide) groups is 1. The molecule has 14 heavy (non-hydrogen) atoms. The molecule has 5 heteroatoms. The Labute approximate surface area is 88.0 Å². The van der Waals surface area contributed by atoms with E-state index in [9.17, 15) is 9.59 Å². The van der Waals surface area contributed by atoms with Crippen molar-refractivity contribution in [3.05, 3.63) is 0 Å². The molecule has 0 aliphatic carbocycles. The molecule has 0 saturated carbocycles. The van der Waals surface area contributed by atoms with Crippen molar-refractivity contribution in [2.45, 2.75) is 25.1 Å². The predicted octanol–water partition coefficient (Wildman–Crippen LogP) is 0.861. The van der Waals surface area contributed by atoms with E-state index in [0.29, 0.717) is 6.54 Å². The molecule has 80 valence electrons. The Morgan fingerprint density at radius 1 is 1.57 bits per heavy atom. The topological polar surface area (TPSA) is 46.6 Å². The van der Waals surface area contributed by atoms with E-state index in [1.165, 1.54) is 14.0 Å². The van der Waals surface area contributed by atoms with Crippen molar-refractivity contribution in [3.8, 4) is 0 Å². The van der Waals surface area contributed by atoms with Crippen LogP contribution in [0.2, 0.25) is 0 Å². The summed E-state index contributed by atoms with van der Waals surface area (Å²) in [7, 11) is 1.36. The molecule has 0 aromatic rings. The van der Waals surface area contributed by atoms with E-state index in [1.54, 1.807) is 16.7 Å². The molecule has 0 N–H and O–H groups in total. The summed E-state index contributed by atoms with van der Waals surface area (Å²) in [6.07, 6.45) is 0.258. The minimum atomic E-state index is -0.418. The zero-order valence-corrected chi connectivity index (χ0v) is 9.52. The molecule has 0 aromatic carbocycles. The lowest BCUT2D eigenvalue weighted by atomic mass is 10.2. The van der Waals surface area contributed by atoms with Crippen molar-refractivity contribution in [1.82, 2.24) is 4.90 Å². The lowest BCUT2D eigenvalue weighted by Crippen LogP contribution is -2.43. The first-order valence-corrected chi connectivity index (χ1v) is 5.47. The summed E-state index contributed by atoms with van der Waals surface area (Å²) >= 11 is 1.63. The van der Waals surface area contributed by atoms with E-state index in [0.717, 1.165) is 5.75 Å². The molecule has 0 spiro atoms. The van der Waals surface area contributed by atoms with Crippen LogP contribution in [-0.2, 0) is 14.3 Å². The molecule has 1 fully saturated rings. The Morgan fingerprint density at radius 3 is 2.71 bits per heavy atom. The lowest BCUT2D eigenvalue weighted by Gasteiger charge is -2.32. The Kier molecular flexibility index (Phi) is 3.42. The fourth-order valence-corrected chi connectivity index (χ4v) is 2.96. The van der Waals surface area contributed by atoms with Crippen LogP contribution in [0.4, 0.5) is 0 Å². The summed E-state index contributed by atoms with van der Waals surface area (Å²) in [5.41, 5.74) is 0. The molecule has 0 bridgehead atoms. The minimum absolute atomic E-state index is 0.0152. The zero-order chi connectivity index (χ0) is 10.8. The monoisotopic (exact) mass is 217 g/mol. The Bertz CT molecular complexity index is 256. The summed E-state index contributed by atoms with van der Waals surface area (Å²) in [4.78, 5) is 23.8. The number of rotatable bonds is 2. The van der Waals surface area contributed by atoms with Gasteiger partial charge in [-0.3, -0.25) is 9.59 Å². The van der Waals surface area contributed by atoms with Crippen molar-refractivity contribution in [2.24, 2.45) is 0 Å². The molecule has 1 amide bonds. The van der Waals surface area contributed by atoms with Crippen molar-refractivity contribution >= 4 is 23.6 Å². The molecule has 1 aliphatic heterocycles. The molecule has 1 unspecified atom stereocenters. The van der Waals surface area contributed by atoms with Crippen LogP contribution in [0, 0.1) is 0 Å². The van der Waals surface area contributed by atoms with Gasteiger partial charge in [-0.1, -0.05) is 0 Å². The first kappa shape index (κ1) is 11.4. The molecule has 4 nitrogen and oxygen atoms in total. The van der Waals surface area contributed by atoms with Gasteiger partial charge in [0.05, 0.1) is 18.4 Å². The maximum Gasteiger partial charge on any atom is 0.308 e. The lowest BCUT2D eigenvalue weighted by molar-refractivity contribution is -0.143. The van der Waals surface area contributed by atoms with Gasteiger partial charge in [0.1, 0.15) is 0 Å². The van der Waals surface area contributed by atoms with Crippen LogP contribution in [0.5, 0.6) is 0 Å². The average molecular weight is 217 g/mol. The highest BCUT2D eigenvalue weighted by atomic mass is 32.2. The van der Waals surface area contributed by atoms with Gasteiger partial charge in [-0.05, 0) is 6.92 Å². The Balaban J connectivity index is 2.71. The first-order valence-electron chi connectivity index (χ1n) is 4.48. The van der Waals surface area contributed by atoms with E-state index in [4.69, 9.17) is 0 Å². The molecule has 1 saturated heterocycles. The van der Waals surface area contributed by atoms with E-state index < -0.39 is 4.87 Å². The Morgan fingerprint density at radius 2 is 2.21 bits per heavy atom. The highest BCUT2D eigenvalue weighted by molar-refractivity contribution is 8.00. The molecule has 1 rings (SSSR count).